The normalized spacial score (nSPS) is 25.8. The summed E-state index contributed by atoms with van der Waals surface area (Å²) < 4.78 is 0. The number of nitrogens with two attached hydrogens (primary N) is 1. The molecule has 3 N–H and O–H groups in total. The van der Waals surface area contributed by atoms with Crippen molar-refractivity contribution in [2.45, 2.75) is 50.7 Å². The predicted molar refractivity (Wildman–Crippen MR) is 87.1 cm³/mol. The maximum Gasteiger partial charge on any atom is 0.280 e. The van der Waals surface area contributed by atoms with Gasteiger partial charge >= 0.3 is 0 Å². The van der Waals surface area contributed by atoms with Gasteiger partial charge in [-0.05, 0) is 19.9 Å². The number of carbonyl (C=O) groups is 1. The van der Waals surface area contributed by atoms with Gasteiger partial charge in [0.05, 0.1) is 5.69 Å². The number of halogens is 1. The van der Waals surface area contributed by atoms with Crippen molar-refractivity contribution in [3.8, 4) is 0 Å². The Balaban J connectivity index is 0.00000161. The third kappa shape index (κ3) is 3.74. The van der Waals surface area contributed by atoms with Crippen molar-refractivity contribution in [2.75, 3.05) is 13.6 Å². The molecule has 2 heterocycles. The first-order valence-electron chi connectivity index (χ1n) is 7.37. The van der Waals surface area contributed by atoms with E-state index in [1.807, 2.05) is 0 Å². The highest BCUT2D eigenvalue weighted by Gasteiger charge is 2.26. The van der Waals surface area contributed by atoms with Crippen LogP contribution in [0.2, 0.25) is 0 Å². The maximum atomic E-state index is 12.3. The zero-order chi connectivity index (χ0) is 14.1. The van der Waals surface area contributed by atoms with Crippen molar-refractivity contribution < 1.29 is 4.79 Å². The first-order valence-corrected chi connectivity index (χ1v) is 8.18. The molecule has 0 spiro atoms. The molecule has 118 valence electrons. The van der Waals surface area contributed by atoms with Gasteiger partial charge in [0.25, 0.3) is 5.91 Å². The van der Waals surface area contributed by atoms with Gasteiger partial charge in [-0.2, -0.15) is 0 Å². The van der Waals surface area contributed by atoms with Crippen LogP contribution in [-0.4, -0.2) is 41.5 Å². The SMILES string of the molecule is CN1CCc2nc(C(=O)N[C@H]3CCCC[C@@H]3N)sc2C1.Cl. The third-order valence-corrected chi connectivity index (χ3v) is 5.33. The van der Waals surface area contributed by atoms with Crippen molar-refractivity contribution >= 4 is 29.7 Å². The highest BCUT2D eigenvalue weighted by atomic mass is 35.5. The molecule has 1 saturated carbocycles. The minimum atomic E-state index is -0.0468. The number of hydrogen-bond acceptors (Lipinski definition) is 5. The van der Waals surface area contributed by atoms with E-state index >= 15 is 0 Å². The first-order chi connectivity index (χ1) is 9.63. The molecule has 1 fully saturated rings. The molecule has 1 aromatic rings. The molecule has 0 bridgehead atoms. The van der Waals surface area contributed by atoms with E-state index in [9.17, 15) is 4.79 Å². The quantitative estimate of drug-likeness (QED) is 0.863. The fraction of sp³-hybridized carbons (Fsp3) is 0.714. The summed E-state index contributed by atoms with van der Waals surface area (Å²) in [7, 11) is 2.10. The molecule has 3 rings (SSSR count). The molecular formula is C14H23ClN4OS. The predicted octanol–water partition coefficient (Wildman–Crippen LogP) is 1.55. The van der Waals surface area contributed by atoms with E-state index in [4.69, 9.17) is 5.73 Å². The molecule has 0 radical (unpaired) electrons. The molecule has 0 saturated heterocycles. The molecule has 2 aliphatic rings. The van der Waals surface area contributed by atoms with Crippen molar-refractivity contribution in [2.24, 2.45) is 5.73 Å². The Morgan fingerprint density at radius 3 is 2.95 bits per heavy atom. The average Bonchev–Trinajstić information content (AvgIpc) is 2.84. The van der Waals surface area contributed by atoms with E-state index in [1.54, 1.807) is 0 Å². The molecular weight excluding hydrogens is 308 g/mol. The fourth-order valence-electron chi connectivity index (χ4n) is 2.99. The first kappa shape index (κ1) is 16.7. The van der Waals surface area contributed by atoms with Crippen LogP contribution >= 0.6 is 23.7 Å². The number of amides is 1. The van der Waals surface area contributed by atoms with Gasteiger partial charge in [0.2, 0.25) is 0 Å². The molecule has 1 aliphatic heterocycles. The lowest BCUT2D eigenvalue weighted by atomic mass is 9.91. The van der Waals surface area contributed by atoms with Crippen molar-refractivity contribution in [1.82, 2.24) is 15.2 Å². The highest BCUT2D eigenvalue weighted by molar-refractivity contribution is 7.13. The van der Waals surface area contributed by atoms with E-state index in [2.05, 4.69) is 22.2 Å². The Bertz CT molecular complexity index is 507. The Kier molecular flexibility index (Phi) is 5.60. The molecule has 1 amide bonds. The van der Waals surface area contributed by atoms with E-state index < -0.39 is 0 Å². The lowest BCUT2D eigenvalue weighted by Crippen LogP contribution is -2.49. The summed E-state index contributed by atoms with van der Waals surface area (Å²) in [4.78, 5) is 20.3. The summed E-state index contributed by atoms with van der Waals surface area (Å²) in [5.41, 5.74) is 7.19. The lowest BCUT2D eigenvalue weighted by molar-refractivity contribution is 0.0920. The molecule has 2 atom stereocenters. The second-order valence-corrected chi connectivity index (χ2v) is 6.99. The van der Waals surface area contributed by atoms with E-state index in [-0.39, 0.29) is 30.4 Å². The average molecular weight is 331 g/mol. The Morgan fingerprint density at radius 1 is 1.43 bits per heavy atom. The molecule has 7 heteroatoms. The van der Waals surface area contributed by atoms with Gasteiger partial charge in [0.1, 0.15) is 0 Å². The zero-order valence-electron chi connectivity index (χ0n) is 12.3. The third-order valence-electron chi connectivity index (χ3n) is 4.25. The van der Waals surface area contributed by atoms with Crippen LogP contribution in [0.4, 0.5) is 0 Å². The minimum Gasteiger partial charge on any atom is -0.346 e. The Hall–Kier alpha value is -0.690. The number of hydrogen-bond donors (Lipinski definition) is 2. The molecule has 21 heavy (non-hydrogen) atoms. The summed E-state index contributed by atoms with van der Waals surface area (Å²) in [5.74, 6) is -0.0468. The number of nitrogens with zero attached hydrogens (tertiary/aromatic N) is 2. The number of likely N-dealkylation sites (N-methyl/N-ethyl adjacent to an activating group) is 1. The number of carbonyl (C=O) groups excluding carboxylic acids is 1. The number of nitrogens with one attached hydrogen (secondary N) is 1. The topological polar surface area (TPSA) is 71.2 Å². The minimum absolute atomic E-state index is 0. The van der Waals surface area contributed by atoms with Crippen LogP contribution in [0.15, 0.2) is 0 Å². The zero-order valence-corrected chi connectivity index (χ0v) is 13.9. The fourth-order valence-corrected chi connectivity index (χ4v) is 4.08. The smallest absolute Gasteiger partial charge is 0.280 e. The van der Waals surface area contributed by atoms with Gasteiger partial charge < -0.3 is 16.0 Å². The maximum absolute atomic E-state index is 12.3. The van der Waals surface area contributed by atoms with Crippen LogP contribution in [0.5, 0.6) is 0 Å². The van der Waals surface area contributed by atoms with E-state index in [1.165, 1.54) is 22.6 Å². The highest BCUT2D eigenvalue weighted by Crippen LogP contribution is 2.25. The van der Waals surface area contributed by atoms with Crippen molar-refractivity contribution in [3.63, 3.8) is 0 Å². The standard InChI is InChI=1S/C14H22N4OS.ClH/c1-18-7-6-11-12(8-18)20-14(17-11)13(19)16-10-5-3-2-4-9(10)15;/h9-10H,2-8,15H2,1H3,(H,16,19);1H/t9-,10-;/m0./s1. The van der Waals surface area contributed by atoms with Crippen LogP contribution in [-0.2, 0) is 13.0 Å². The summed E-state index contributed by atoms with van der Waals surface area (Å²) in [6, 6.07) is 0.202. The van der Waals surface area contributed by atoms with Gasteiger partial charge in [-0.25, -0.2) is 4.98 Å². The van der Waals surface area contributed by atoms with E-state index in [0.29, 0.717) is 5.01 Å². The van der Waals surface area contributed by atoms with Crippen LogP contribution in [0.1, 0.15) is 46.1 Å². The second-order valence-electron chi connectivity index (χ2n) is 5.90. The van der Waals surface area contributed by atoms with Crippen LogP contribution < -0.4 is 11.1 Å². The molecule has 0 aromatic carbocycles. The lowest BCUT2D eigenvalue weighted by Gasteiger charge is -2.28. The molecule has 5 nitrogen and oxygen atoms in total. The summed E-state index contributed by atoms with van der Waals surface area (Å²) >= 11 is 1.53. The largest absolute Gasteiger partial charge is 0.346 e. The second kappa shape index (κ2) is 7.05. The number of aromatic nitrogens is 1. The van der Waals surface area contributed by atoms with Gasteiger partial charge in [0.15, 0.2) is 5.01 Å². The van der Waals surface area contributed by atoms with E-state index in [0.717, 1.165) is 44.5 Å². The van der Waals surface area contributed by atoms with Crippen molar-refractivity contribution in [3.05, 3.63) is 15.6 Å². The molecule has 1 aliphatic carbocycles. The van der Waals surface area contributed by atoms with Crippen LogP contribution in [0.25, 0.3) is 0 Å². The Morgan fingerprint density at radius 2 is 2.19 bits per heavy atom. The van der Waals surface area contributed by atoms with Gasteiger partial charge in [-0.3, -0.25) is 4.79 Å². The van der Waals surface area contributed by atoms with Gasteiger partial charge in [-0.1, -0.05) is 12.8 Å². The van der Waals surface area contributed by atoms with Crippen LogP contribution in [0.3, 0.4) is 0 Å². The number of rotatable bonds is 2. The number of thiazole rings is 1. The molecule has 0 unspecified atom stereocenters. The van der Waals surface area contributed by atoms with Crippen LogP contribution in [0, 0.1) is 0 Å². The summed E-state index contributed by atoms with van der Waals surface area (Å²) in [5, 5.41) is 3.68. The van der Waals surface area contributed by atoms with Gasteiger partial charge in [0, 0.05) is 36.5 Å². The molecule has 1 aromatic heterocycles. The monoisotopic (exact) mass is 330 g/mol. The Labute approximate surface area is 135 Å². The summed E-state index contributed by atoms with van der Waals surface area (Å²) in [6.07, 6.45) is 5.26. The summed E-state index contributed by atoms with van der Waals surface area (Å²) in [6.45, 7) is 1.93. The number of fused-ring (bicyclic) bond motifs is 1. The van der Waals surface area contributed by atoms with Gasteiger partial charge in [-0.15, -0.1) is 23.7 Å². The van der Waals surface area contributed by atoms with Crippen molar-refractivity contribution in [1.29, 1.82) is 0 Å².